The lowest BCUT2D eigenvalue weighted by Gasteiger charge is -2.26. The first kappa shape index (κ1) is 27.8. The van der Waals surface area contributed by atoms with E-state index in [1.165, 1.54) is 42.1 Å². The van der Waals surface area contributed by atoms with Gasteiger partial charge in [0.15, 0.2) is 5.58 Å². The molecular formula is C45H28N2OS. The van der Waals surface area contributed by atoms with E-state index in [1.54, 1.807) is 0 Å². The second kappa shape index (κ2) is 11.2. The number of hydrogen-bond acceptors (Lipinski definition) is 4. The fraction of sp³-hybridized carbons (Fsp3) is 0. The quantitative estimate of drug-likeness (QED) is 0.175. The maximum atomic E-state index is 6.72. The van der Waals surface area contributed by atoms with Gasteiger partial charge in [-0.1, -0.05) is 109 Å². The molecule has 0 radical (unpaired) electrons. The first-order valence-electron chi connectivity index (χ1n) is 16.5. The molecule has 0 saturated carbocycles. The standard InChI is InChI=1S/C45H28N2OS/c1-3-14-30(15-4-1)45-46-43-39(28-38-34-20-8-7-13-29(34)25-26-36(38)44(43)48-45)47(32-17-5-2-6-18-32)33-19-11-16-31(27-33)35-22-12-24-41-42(35)37-21-9-10-23-40(37)49-41/h1-28H. The van der Waals surface area contributed by atoms with E-state index in [0.717, 1.165) is 44.5 Å². The van der Waals surface area contributed by atoms with Crippen molar-refractivity contribution in [2.75, 3.05) is 4.90 Å². The van der Waals surface area contributed by atoms with Crippen molar-refractivity contribution in [2.24, 2.45) is 0 Å². The molecule has 0 bridgehead atoms. The molecule has 230 valence electrons. The first-order chi connectivity index (χ1) is 24.3. The second-order valence-corrected chi connectivity index (χ2v) is 13.4. The highest BCUT2D eigenvalue weighted by atomic mass is 32.1. The highest BCUT2D eigenvalue weighted by molar-refractivity contribution is 7.25. The van der Waals surface area contributed by atoms with Gasteiger partial charge in [0.25, 0.3) is 0 Å². The molecule has 2 aromatic heterocycles. The van der Waals surface area contributed by atoms with E-state index in [4.69, 9.17) is 9.40 Å². The van der Waals surface area contributed by atoms with E-state index in [-0.39, 0.29) is 0 Å². The van der Waals surface area contributed by atoms with Crippen LogP contribution in [-0.4, -0.2) is 4.98 Å². The Hall–Kier alpha value is -6.23. The van der Waals surface area contributed by atoms with Crippen LogP contribution in [0.5, 0.6) is 0 Å². The minimum Gasteiger partial charge on any atom is -0.435 e. The monoisotopic (exact) mass is 644 g/mol. The third kappa shape index (κ3) is 4.53. The lowest BCUT2D eigenvalue weighted by atomic mass is 9.98. The summed E-state index contributed by atoms with van der Waals surface area (Å²) in [4.78, 5) is 7.56. The molecule has 0 unspecified atom stereocenters. The van der Waals surface area contributed by atoms with E-state index in [0.29, 0.717) is 5.89 Å². The summed E-state index contributed by atoms with van der Waals surface area (Å²) in [6.07, 6.45) is 0. The van der Waals surface area contributed by atoms with Gasteiger partial charge in [0, 0.05) is 42.5 Å². The molecular weight excluding hydrogens is 617 g/mol. The third-order valence-electron chi connectivity index (χ3n) is 9.46. The Morgan fingerprint density at radius 2 is 1.18 bits per heavy atom. The van der Waals surface area contributed by atoms with Gasteiger partial charge in [0.2, 0.25) is 5.89 Å². The minimum absolute atomic E-state index is 0.607. The van der Waals surface area contributed by atoms with E-state index in [9.17, 15) is 0 Å². The van der Waals surface area contributed by atoms with Crippen LogP contribution < -0.4 is 4.90 Å². The minimum atomic E-state index is 0.607. The van der Waals surface area contributed by atoms with Crippen LogP contribution in [0.1, 0.15) is 0 Å². The van der Waals surface area contributed by atoms with E-state index < -0.39 is 0 Å². The van der Waals surface area contributed by atoms with Crippen LogP contribution in [0.15, 0.2) is 174 Å². The summed E-state index contributed by atoms with van der Waals surface area (Å²) < 4.78 is 9.31. The van der Waals surface area contributed by atoms with Gasteiger partial charge in [0.1, 0.15) is 5.52 Å². The number of hydrogen-bond donors (Lipinski definition) is 0. The smallest absolute Gasteiger partial charge is 0.227 e. The third-order valence-corrected chi connectivity index (χ3v) is 10.6. The molecule has 8 aromatic carbocycles. The second-order valence-electron chi connectivity index (χ2n) is 12.3. The lowest BCUT2D eigenvalue weighted by Crippen LogP contribution is -2.10. The molecule has 0 fully saturated rings. The Kier molecular flexibility index (Phi) is 6.36. The van der Waals surface area contributed by atoms with Gasteiger partial charge in [-0.3, -0.25) is 0 Å². The molecule has 0 aliphatic rings. The number of rotatable bonds is 5. The van der Waals surface area contributed by atoms with Crippen molar-refractivity contribution in [2.45, 2.75) is 0 Å². The zero-order chi connectivity index (χ0) is 32.3. The molecule has 0 spiro atoms. The molecule has 0 N–H and O–H groups in total. The summed E-state index contributed by atoms with van der Waals surface area (Å²) in [6.45, 7) is 0. The molecule has 0 saturated heterocycles. The van der Waals surface area contributed by atoms with Crippen molar-refractivity contribution in [1.29, 1.82) is 0 Å². The molecule has 0 amide bonds. The number of thiophene rings is 1. The Morgan fingerprint density at radius 1 is 0.490 bits per heavy atom. The zero-order valence-electron chi connectivity index (χ0n) is 26.4. The molecule has 4 heteroatoms. The average Bonchev–Trinajstić information content (AvgIpc) is 3.79. The zero-order valence-corrected chi connectivity index (χ0v) is 27.2. The van der Waals surface area contributed by atoms with E-state index in [1.807, 2.05) is 29.5 Å². The maximum Gasteiger partial charge on any atom is 0.227 e. The van der Waals surface area contributed by atoms with Gasteiger partial charge in [-0.25, -0.2) is 4.98 Å². The average molecular weight is 645 g/mol. The lowest BCUT2D eigenvalue weighted by molar-refractivity contribution is 0.623. The fourth-order valence-corrected chi connectivity index (χ4v) is 8.37. The van der Waals surface area contributed by atoms with E-state index >= 15 is 0 Å². The summed E-state index contributed by atoms with van der Waals surface area (Å²) in [7, 11) is 0. The molecule has 10 aromatic rings. The van der Waals surface area contributed by atoms with Crippen molar-refractivity contribution in [1.82, 2.24) is 4.98 Å². The molecule has 0 atom stereocenters. The molecule has 3 nitrogen and oxygen atoms in total. The maximum absolute atomic E-state index is 6.72. The van der Waals surface area contributed by atoms with Crippen molar-refractivity contribution in [3.05, 3.63) is 170 Å². The van der Waals surface area contributed by atoms with Gasteiger partial charge in [-0.05, 0) is 87.9 Å². The highest BCUT2D eigenvalue weighted by Gasteiger charge is 2.23. The van der Waals surface area contributed by atoms with Gasteiger partial charge in [0.05, 0.1) is 5.69 Å². The number of oxazole rings is 1. The summed E-state index contributed by atoms with van der Waals surface area (Å²) >= 11 is 1.85. The van der Waals surface area contributed by atoms with Crippen molar-refractivity contribution >= 4 is 81.2 Å². The molecule has 0 aliphatic heterocycles. The highest BCUT2D eigenvalue weighted by Crippen LogP contribution is 2.46. The Labute approximate surface area is 286 Å². The van der Waals surface area contributed by atoms with E-state index in [2.05, 4.69) is 157 Å². The summed E-state index contributed by atoms with van der Waals surface area (Å²) in [5.74, 6) is 0.607. The van der Waals surface area contributed by atoms with Crippen LogP contribution in [0.4, 0.5) is 17.1 Å². The Morgan fingerprint density at radius 3 is 2.06 bits per heavy atom. The Balaban J connectivity index is 1.26. The SMILES string of the molecule is c1ccc(-c2nc3c(N(c4ccccc4)c4cccc(-c5cccc6sc7ccccc7c56)c4)cc4c5ccccc5ccc4c3o2)cc1. The number of para-hydroxylation sites is 1. The number of nitrogens with zero attached hydrogens (tertiary/aromatic N) is 2. The molecule has 2 heterocycles. The van der Waals surface area contributed by atoms with Crippen molar-refractivity contribution in [3.8, 4) is 22.6 Å². The van der Waals surface area contributed by atoms with Crippen molar-refractivity contribution in [3.63, 3.8) is 0 Å². The molecule has 49 heavy (non-hydrogen) atoms. The van der Waals surface area contributed by atoms with Crippen LogP contribution in [0.2, 0.25) is 0 Å². The number of fused-ring (bicyclic) bond motifs is 8. The summed E-state index contributed by atoms with van der Waals surface area (Å²) in [6, 6.07) is 60.2. The topological polar surface area (TPSA) is 29.3 Å². The van der Waals surface area contributed by atoms with Crippen LogP contribution in [0.3, 0.4) is 0 Å². The van der Waals surface area contributed by atoms with Gasteiger partial charge < -0.3 is 9.32 Å². The number of aromatic nitrogens is 1. The van der Waals surface area contributed by atoms with Gasteiger partial charge in [-0.15, -0.1) is 11.3 Å². The number of anilines is 3. The van der Waals surface area contributed by atoms with Crippen molar-refractivity contribution < 1.29 is 4.42 Å². The predicted octanol–water partition coefficient (Wildman–Crippen LogP) is 13.3. The van der Waals surface area contributed by atoms with Gasteiger partial charge >= 0.3 is 0 Å². The first-order valence-corrected chi connectivity index (χ1v) is 17.3. The molecule has 10 rings (SSSR count). The largest absolute Gasteiger partial charge is 0.435 e. The van der Waals surface area contributed by atoms with Gasteiger partial charge in [-0.2, -0.15) is 0 Å². The number of benzene rings is 8. The molecule has 0 aliphatic carbocycles. The Bertz CT molecular complexity index is 2840. The van der Waals surface area contributed by atoms with Crippen LogP contribution in [-0.2, 0) is 0 Å². The normalized spacial score (nSPS) is 11.7. The summed E-state index contributed by atoms with van der Waals surface area (Å²) in [5, 5.41) is 7.14. The van der Waals surface area contributed by atoms with Crippen LogP contribution in [0, 0.1) is 0 Å². The predicted molar refractivity (Wildman–Crippen MR) is 207 cm³/mol. The fourth-order valence-electron chi connectivity index (χ4n) is 7.24. The van der Waals surface area contributed by atoms with Crippen LogP contribution >= 0.6 is 11.3 Å². The summed E-state index contributed by atoms with van der Waals surface area (Å²) in [5.41, 5.74) is 8.00. The van der Waals surface area contributed by atoms with Crippen LogP contribution in [0.25, 0.3) is 75.4 Å².